The van der Waals surface area contributed by atoms with Gasteiger partial charge in [0.2, 0.25) is 5.65 Å². The predicted molar refractivity (Wildman–Crippen MR) is 80.8 cm³/mol. The van der Waals surface area contributed by atoms with Crippen LogP contribution in [0, 0.1) is 0 Å². The van der Waals surface area contributed by atoms with Gasteiger partial charge < -0.3 is 10.3 Å². The molecule has 3 heterocycles. The molecule has 0 spiro atoms. The molecule has 0 bridgehead atoms. The quantitative estimate of drug-likeness (QED) is 0.678. The van der Waals surface area contributed by atoms with Crippen molar-refractivity contribution in [2.45, 2.75) is 11.6 Å². The molecule has 0 atom stereocenters. The summed E-state index contributed by atoms with van der Waals surface area (Å²) in [6, 6.07) is 3.42. The van der Waals surface area contributed by atoms with Crippen LogP contribution in [0.15, 0.2) is 40.5 Å². The van der Waals surface area contributed by atoms with Gasteiger partial charge in [-0.05, 0) is 18.4 Å². The van der Waals surface area contributed by atoms with E-state index < -0.39 is 0 Å². The minimum absolute atomic E-state index is 0.159. The average molecular weight is 316 g/mol. The Hall–Kier alpha value is -2.68. The molecule has 3 rings (SSSR count). The molecule has 0 aliphatic carbocycles. The van der Waals surface area contributed by atoms with Gasteiger partial charge in [0.15, 0.2) is 5.82 Å². The molecule has 0 saturated heterocycles. The third-order valence-corrected chi connectivity index (χ3v) is 3.74. The topological polar surface area (TPSA) is 105 Å². The maximum absolute atomic E-state index is 12.2. The van der Waals surface area contributed by atoms with Crippen molar-refractivity contribution in [2.24, 2.45) is 0 Å². The third kappa shape index (κ3) is 2.58. The smallest absolute Gasteiger partial charge is 0.293 e. The fourth-order valence-corrected chi connectivity index (χ4v) is 2.54. The van der Waals surface area contributed by atoms with E-state index in [1.54, 1.807) is 24.5 Å². The Balaban J connectivity index is 1.81. The van der Waals surface area contributed by atoms with Crippen LogP contribution in [0.4, 0.5) is 0 Å². The number of pyridine rings is 1. The number of hydrogen-bond acceptors (Lipinski definition) is 6. The second kappa shape index (κ2) is 5.98. The number of nitrogens with zero attached hydrogens (tertiary/aromatic N) is 4. The van der Waals surface area contributed by atoms with Crippen LogP contribution in [-0.2, 0) is 6.54 Å². The van der Waals surface area contributed by atoms with Gasteiger partial charge in [-0.15, -0.1) is 22.0 Å². The van der Waals surface area contributed by atoms with Gasteiger partial charge in [0.1, 0.15) is 5.03 Å². The number of H-pyrrole nitrogens is 1. The first-order chi connectivity index (χ1) is 10.7. The summed E-state index contributed by atoms with van der Waals surface area (Å²) in [7, 11) is 0. The maximum Gasteiger partial charge on any atom is 0.293 e. The summed E-state index contributed by atoms with van der Waals surface area (Å²) in [6.45, 7) is 0.159. The van der Waals surface area contributed by atoms with E-state index >= 15 is 0 Å². The van der Waals surface area contributed by atoms with E-state index in [1.165, 1.54) is 22.4 Å². The number of thioether (sulfide) groups is 1. The molecular formula is C13H12N6O2S. The molecule has 3 aromatic rings. The number of amides is 1. The van der Waals surface area contributed by atoms with Gasteiger partial charge in [-0.25, -0.2) is 4.98 Å². The van der Waals surface area contributed by atoms with Crippen molar-refractivity contribution in [3.05, 3.63) is 52.5 Å². The lowest BCUT2D eigenvalue weighted by atomic mass is 10.2. The Morgan fingerprint density at radius 2 is 2.32 bits per heavy atom. The van der Waals surface area contributed by atoms with E-state index in [0.717, 1.165) is 0 Å². The van der Waals surface area contributed by atoms with Crippen molar-refractivity contribution < 1.29 is 4.79 Å². The fourth-order valence-electron chi connectivity index (χ4n) is 1.99. The lowest BCUT2D eigenvalue weighted by molar-refractivity contribution is 0.0946. The molecule has 1 amide bonds. The Labute approximate surface area is 129 Å². The van der Waals surface area contributed by atoms with Crippen molar-refractivity contribution in [3.63, 3.8) is 0 Å². The lowest BCUT2D eigenvalue weighted by Crippen LogP contribution is -2.25. The van der Waals surface area contributed by atoms with E-state index in [-0.39, 0.29) is 23.7 Å². The van der Waals surface area contributed by atoms with Gasteiger partial charge in [0, 0.05) is 18.6 Å². The Morgan fingerprint density at radius 3 is 3.14 bits per heavy atom. The number of carbonyl (C=O) groups is 1. The summed E-state index contributed by atoms with van der Waals surface area (Å²) < 4.78 is 1.54. The summed E-state index contributed by atoms with van der Waals surface area (Å²) in [5.41, 5.74) is 0.365. The van der Waals surface area contributed by atoms with Crippen LogP contribution < -0.4 is 10.9 Å². The van der Waals surface area contributed by atoms with Gasteiger partial charge in [0.25, 0.3) is 11.5 Å². The summed E-state index contributed by atoms with van der Waals surface area (Å²) in [5, 5.41) is 11.1. The minimum atomic E-state index is -0.329. The van der Waals surface area contributed by atoms with E-state index in [1.807, 2.05) is 6.26 Å². The van der Waals surface area contributed by atoms with Crippen molar-refractivity contribution in [2.75, 3.05) is 6.26 Å². The van der Waals surface area contributed by atoms with Gasteiger partial charge >= 0.3 is 0 Å². The molecule has 9 heteroatoms. The van der Waals surface area contributed by atoms with Crippen LogP contribution in [0.2, 0.25) is 0 Å². The third-order valence-electron chi connectivity index (χ3n) is 3.02. The van der Waals surface area contributed by atoms with Crippen LogP contribution in [0.25, 0.3) is 5.65 Å². The summed E-state index contributed by atoms with van der Waals surface area (Å²) >= 11 is 1.40. The van der Waals surface area contributed by atoms with Gasteiger partial charge in [-0.1, -0.05) is 0 Å². The van der Waals surface area contributed by atoms with Gasteiger partial charge in [-0.3, -0.25) is 14.0 Å². The van der Waals surface area contributed by atoms with E-state index in [0.29, 0.717) is 16.4 Å². The summed E-state index contributed by atoms with van der Waals surface area (Å²) in [4.78, 5) is 30.5. The molecule has 0 aliphatic heterocycles. The van der Waals surface area contributed by atoms with Crippen LogP contribution in [0.5, 0.6) is 0 Å². The number of aromatic amines is 1. The summed E-state index contributed by atoms with van der Waals surface area (Å²) in [6.07, 6.45) is 6.63. The lowest BCUT2D eigenvalue weighted by Gasteiger charge is -2.06. The first-order valence-electron chi connectivity index (χ1n) is 6.39. The fraction of sp³-hybridized carbons (Fsp3) is 0.154. The first kappa shape index (κ1) is 14.3. The number of rotatable bonds is 4. The zero-order chi connectivity index (χ0) is 15.5. The van der Waals surface area contributed by atoms with Crippen LogP contribution in [0.3, 0.4) is 0 Å². The number of fused-ring (bicyclic) bond motifs is 1. The highest BCUT2D eigenvalue weighted by atomic mass is 32.2. The minimum Gasteiger partial charge on any atom is -0.345 e. The molecular weight excluding hydrogens is 304 g/mol. The van der Waals surface area contributed by atoms with Gasteiger partial charge in [0.05, 0.1) is 12.1 Å². The van der Waals surface area contributed by atoms with Gasteiger partial charge in [-0.2, -0.15) is 0 Å². The van der Waals surface area contributed by atoms with E-state index in [2.05, 4.69) is 25.5 Å². The molecule has 0 fully saturated rings. The van der Waals surface area contributed by atoms with Crippen LogP contribution in [-0.4, -0.2) is 36.7 Å². The highest BCUT2D eigenvalue weighted by Gasteiger charge is 2.13. The standard InChI is InChI=1S/C13H12N6O2S/c1-22-13-8(3-2-4-15-13)11(20)16-7-9-17-18-10-12(21)14-5-6-19(9)10/h2-6H,7H2,1H3,(H,14,21)(H,16,20). The average Bonchev–Trinajstić information content (AvgIpc) is 2.97. The molecule has 0 saturated carbocycles. The van der Waals surface area contributed by atoms with Crippen LogP contribution >= 0.6 is 11.8 Å². The van der Waals surface area contributed by atoms with E-state index in [4.69, 9.17) is 0 Å². The summed E-state index contributed by atoms with van der Waals surface area (Å²) in [5.74, 6) is 0.225. The van der Waals surface area contributed by atoms with Crippen LogP contribution in [0.1, 0.15) is 16.2 Å². The molecule has 2 N–H and O–H groups in total. The van der Waals surface area contributed by atoms with Crippen molar-refractivity contribution in [3.8, 4) is 0 Å². The SMILES string of the molecule is CSc1ncccc1C(=O)NCc1nnc2c(=O)[nH]ccn12. The van der Waals surface area contributed by atoms with Crippen molar-refractivity contribution >= 4 is 23.3 Å². The second-order valence-corrected chi connectivity index (χ2v) is 5.14. The molecule has 112 valence electrons. The number of aromatic nitrogens is 5. The highest BCUT2D eigenvalue weighted by Crippen LogP contribution is 2.16. The largest absolute Gasteiger partial charge is 0.345 e. The molecule has 3 aromatic heterocycles. The molecule has 0 radical (unpaired) electrons. The zero-order valence-electron chi connectivity index (χ0n) is 11.6. The zero-order valence-corrected chi connectivity index (χ0v) is 12.4. The number of carbonyl (C=O) groups excluding carboxylic acids is 1. The molecule has 0 unspecified atom stereocenters. The maximum atomic E-state index is 12.2. The molecule has 0 aliphatic rings. The second-order valence-electron chi connectivity index (χ2n) is 4.34. The van der Waals surface area contributed by atoms with Crippen molar-refractivity contribution in [1.82, 2.24) is 29.9 Å². The highest BCUT2D eigenvalue weighted by molar-refractivity contribution is 7.98. The predicted octanol–water partition coefficient (Wildman–Crippen LogP) is 0.464. The molecule has 8 nitrogen and oxygen atoms in total. The van der Waals surface area contributed by atoms with E-state index in [9.17, 15) is 9.59 Å². The normalized spacial score (nSPS) is 10.8. The number of hydrogen-bond donors (Lipinski definition) is 2. The molecule has 0 aromatic carbocycles. The number of nitrogens with one attached hydrogen (secondary N) is 2. The Kier molecular flexibility index (Phi) is 3.88. The Morgan fingerprint density at radius 1 is 1.45 bits per heavy atom. The monoisotopic (exact) mass is 316 g/mol. The van der Waals surface area contributed by atoms with Crippen molar-refractivity contribution in [1.29, 1.82) is 0 Å². The Bertz CT molecular complexity index is 887. The first-order valence-corrected chi connectivity index (χ1v) is 7.61. The molecule has 22 heavy (non-hydrogen) atoms.